The average Bonchev–Trinajstić information content (AvgIpc) is 3.02. The second kappa shape index (κ2) is 12.5. The summed E-state index contributed by atoms with van der Waals surface area (Å²) in [6, 6.07) is 5.04. The van der Waals surface area contributed by atoms with Gasteiger partial charge in [0.25, 0.3) is 0 Å². The van der Waals surface area contributed by atoms with E-state index in [-0.39, 0.29) is 30.5 Å². The fourth-order valence-electron chi connectivity index (χ4n) is 2.62. The maximum atomic E-state index is 10.4. The number of halogens is 3. The van der Waals surface area contributed by atoms with Crippen LogP contribution in [0.5, 0.6) is 0 Å². The van der Waals surface area contributed by atoms with E-state index in [2.05, 4.69) is 39.0 Å². The van der Waals surface area contributed by atoms with Crippen molar-refractivity contribution < 1.29 is 5.11 Å². The van der Waals surface area contributed by atoms with Crippen LogP contribution in [0, 0.1) is 5.92 Å². The zero-order chi connectivity index (χ0) is 19.8. The Hall–Kier alpha value is -1.03. The predicted octanol–water partition coefficient (Wildman–Crippen LogP) is 4.25. The summed E-state index contributed by atoms with van der Waals surface area (Å²) in [6.07, 6.45) is 3.01. The van der Waals surface area contributed by atoms with Crippen LogP contribution in [0.1, 0.15) is 38.3 Å². The number of imidazole rings is 1. The van der Waals surface area contributed by atoms with Crippen LogP contribution in [-0.2, 0) is 13.1 Å². The van der Waals surface area contributed by atoms with Gasteiger partial charge in [-0.2, -0.15) is 0 Å². The highest BCUT2D eigenvalue weighted by Gasteiger charge is 2.11. The van der Waals surface area contributed by atoms with Gasteiger partial charge >= 0.3 is 0 Å². The lowest BCUT2D eigenvalue weighted by atomic mass is 10.1. The molecule has 28 heavy (non-hydrogen) atoms. The lowest BCUT2D eigenvalue weighted by molar-refractivity contribution is 0.181. The van der Waals surface area contributed by atoms with Crippen LogP contribution in [0.15, 0.2) is 35.6 Å². The van der Waals surface area contributed by atoms with Gasteiger partial charge in [0.05, 0.1) is 6.10 Å². The lowest BCUT2D eigenvalue weighted by Crippen LogP contribution is -2.39. The van der Waals surface area contributed by atoms with Gasteiger partial charge in [-0.05, 0) is 36.6 Å². The van der Waals surface area contributed by atoms with E-state index >= 15 is 0 Å². The van der Waals surface area contributed by atoms with E-state index in [4.69, 9.17) is 23.2 Å². The van der Waals surface area contributed by atoms with Crippen molar-refractivity contribution in [3.8, 4) is 0 Å². The molecular weight excluding hydrogens is 512 g/mol. The van der Waals surface area contributed by atoms with Crippen molar-refractivity contribution in [3.63, 3.8) is 0 Å². The number of aliphatic hydroxyl groups excluding tert-OH is 1. The summed E-state index contributed by atoms with van der Waals surface area (Å²) in [5.74, 6) is 2.06. The molecule has 1 aromatic carbocycles. The van der Waals surface area contributed by atoms with E-state index in [0.717, 1.165) is 12.4 Å². The van der Waals surface area contributed by atoms with Gasteiger partial charge in [-0.25, -0.2) is 9.98 Å². The first-order chi connectivity index (χ1) is 12.9. The smallest absolute Gasteiger partial charge is 0.191 e. The zero-order valence-corrected chi connectivity index (χ0v) is 20.2. The van der Waals surface area contributed by atoms with Crippen LogP contribution >= 0.6 is 47.2 Å². The Morgan fingerprint density at radius 2 is 1.89 bits per heavy atom. The third-order valence-electron chi connectivity index (χ3n) is 3.82. The third kappa shape index (κ3) is 8.14. The molecular formula is C19H28Cl2IN5O. The molecule has 0 spiro atoms. The van der Waals surface area contributed by atoms with Crippen LogP contribution in [0.3, 0.4) is 0 Å². The van der Waals surface area contributed by atoms with E-state index in [9.17, 15) is 5.11 Å². The van der Waals surface area contributed by atoms with Crippen molar-refractivity contribution in [2.24, 2.45) is 10.9 Å². The van der Waals surface area contributed by atoms with Crippen LogP contribution in [-0.4, -0.2) is 33.7 Å². The van der Waals surface area contributed by atoms with Crippen LogP contribution in [0.2, 0.25) is 10.0 Å². The molecule has 0 saturated carbocycles. The molecule has 156 valence electrons. The first kappa shape index (κ1) is 25.0. The number of aliphatic hydroxyl groups is 1. The number of rotatable bonds is 8. The minimum Gasteiger partial charge on any atom is -0.387 e. The standard InChI is InChI=1S/C19H27Cl2N5O.HI/c1-4-22-19(25-11-18-23-5-6-26(18)12-13(2)3)24-10-17(27)14-7-15(20)9-16(21)8-14;/h5-9,13,17,27H,4,10-12H2,1-3H3,(H2,22,24,25);1H. The van der Waals surface area contributed by atoms with E-state index in [0.29, 0.717) is 40.6 Å². The largest absolute Gasteiger partial charge is 0.387 e. The van der Waals surface area contributed by atoms with Gasteiger partial charge in [-0.15, -0.1) is 24.0 Å². The first-order valence-corrected chi connectivity index (χ1v) is 9.80. The number of aromatic nitrogens is 2. The molecule has 6 nitrogen and oxygen atoms in total. The number of hydrogen-bond acceptors (Lipinski definition) is 3. The maximum Gasteiger partial charge on any atom is 0.191 e. The van der Waals surface area contributed by atoms with Gasteiger partial charge in [-0.3, -0.25) is 0 Å². The van der Waals surface area contributed by atoms with Gasteiger partial charge in [0.2, 0.25) is 0 Å². The molecule has 0 fully saturated rings. The van der Waals surface area contributed by atoms with Gasteiger partial charge < -0.3 is 20.3 Å². The number of hydrogen-bond donors (Lipinski definition) is 3. The summed E-state index contributed by atoms with van der Waals surface area (Å²) in [4.78, 5) is 8.96. The number of guanidine groups is 1. The van der Waals surface area contributed by atoms with E-state index in [1.165, 1.54) is 0 Å². The van der Waals surface area contributed by atoms with Crippen molar-refractivity contribution in [2.45, 2.75) is 40.0 Å². The summed E-state index contributed by atoms with van der Waals surface area (Å²) < 4.78 is 2.11. The van der Waals surface area contributed by atoms with E-state index < -0.39 is 6.10 Å². The quantitative estimate of drug-likeness (QED) is 0.266. The lowest BCUT2D eigenvalue weighted by Gasteiger charge is -2.16. The Kier molecular flexibility index (Phi) is 11.2. The predicted molar refractivity (Wildman–Crippen MR) is 127 cm³/mol. The molecule has 0 amide bonds. The highest BCUT2D eigenvalue weighted by molar-refractivity contribution is 14.0. The Balaban J connectivity index is 0.00000392. The number of nitrogens with zero attached hydrogens (tertiary/aromatic N) is 3. The molecule has 0 radical (unpaired) electrons. The molecule has 3 N–H and O–H groups in total. The van der Waals surface area contributed by atoms with Gasteiger partial charge in [0, 0.05) is 42.1 Å². The van der Waals surface area contributed by atoms with Gasteiger partial charge in [-0.1, -0.05) is 37.0 Å². The van der Waals surface area contributed by atoms with Crippen molar-refractivity contribution in [1.82, 2.24) is 20.2 Å². The summed E-state index contributed by atoms with van der Waals surface area (Å²) in [5, 5.41) is 17.7. The van der Waals surface area contributed by atoms with Crippen molar-refractivity contribution in [3.05, 3.63) is 52.0 Å². The highest BCUT2D eigenvalue weighted by atomic mass is 127. The Bertz CT molecular complexity index is 746. The molecule has 1 aromatic heterocycles. The highest BCUT2D eigenvalue weighted by Crippen LogP contribution is 2.23. The molecule has 0 aliphatic carbocycles. The van der Waals surface area contributed by atoms with Crippen molar-refractivity contribution in [1.29, 1.82) is 0 Å². The zero-order valence-electron chi connectivity index (χ0n) is 16.3. The second-order valence-corrected chi connectivity index (χ2v) is 7.56. The number of benzene rings is 1. The normalized spacial score (nSPS) is 12.6. The molecule has 1 unspecified atom stereocenters. The van der Waals surface area contributed by atoms with Gasteiger partial charge in [0.15, 0.2) is 5.96 Å². The summed E-state index contributed by atoms with van der Waals surface area (Å²) in [7, 11) is 0. The molecule has 1 atom stereocenters. The van der Waals surface area contributed by atoms with Crippen molar-refractivity contribution in [2.75, 3.05) is 13.1 Å². The molecule has 0 aliphatic heterocycles. The van der Waals surface area contributed by atoms with Crippen LogP contribution < -0.4 is 10.6 Å². The number of aliphatic imine (C=N–C) groups is 1. The number of nitrogens with one attached hydrogen (secondary N) is 2. The minimum atomic E-state index is -0.756. The van der Waals surface area contributed by atoms with E-state index in [1.807, 2.05) is 13.1 Å². The average molecular weight is 540 g/mol. The molecule has 1 heterocycles. The fourth-order valence-corrected chi connectivity index (χ4v) is 3.16. The first-order valence-electron chi connectivity index (χ1n) is 9.05. The van der Waals surface area contributed by atoms with E-state index in [1.54, 1.807) is 24.4 Å². The van der Waals surface area contributed by atoms with Crippen LogP contribution in [0.25, 0.3) is 0 Å². The van der Waals surface area contributed by atoms with Crippen LogP contribution in [0.4, 0.5) is 0 Å². The fraction of sp³-hybridized carbons (Fsp3) is 0.474. The second-order valence-electron chi connectivity index (χ2n) is 6.68. The molecule has 0 saturated heterocycles. The Labute approximate surface area is 193 Å². The molecule has 2 rings (SSSR count). The SMILES string of the molecule is CCNC(=NCc1nccn1CC(C)C)NCC(O)c1cc(Cl)cc(Cl)c1.I. The topological polar surface area (TPSA) is 74.5 Å². The molecule has 9 heteroatoms. The summed E-state index contributed by atoms with van der Waals surface area (Å²) in [5.41, 5.74) is 0.656. The Morgan fingerprint density at radius 3 is 2.50 bits per heavy atom. The molecule has 2 aromatic rings. The Morgan fingerprint density at radius 1 is 1.21 bits per heavy atom. The minimum absolute atomic E-state index is 0. The molecule has 0 bridgehead atoms. The summed E-state index contributed by atoms with van der Waals surface area (Å²) in [6.45, 7) is 8.68. The van der Waals surface area contributed by atoms with Gasteiger partial charge in [0.1, 0.15) is 12.4 Å². The molecule has 0 aliphatic rings. The maximum absolute atomic E-state index is 10.4. The summed E-state index contributed by atoms with van der Waals surface area (Å²) >= 11 is 12.0. The third-order valence-corrected chi connectivity index (χ3v) is 4.26. The monoisotopic (exact) mass is 539 g/mol. The van der Waals surface area contributed by atoms with Crippen molar-refractivity contribution >= 4 is 53.1 Å².